The van der Waals surface area contributed by atoms with Gasteiger partial charge in [-0.05, 0) is 13.0 Å². The minimum atomic E-state index is -0.698. The number of esters is 1. The Labute approximate surface area is 139 Å². The Hall–Kier alpha value is -1.56. The molecule has 2 aromatic rings. The molecule has 7 heteroatoms. The molecule has 0 aliphatic carbocycles. The molecule has 1 aromatic carbocycles. The molecule has 5 nitrogen and oxygen atoms in total. The Morgan fingerprint density at radius 2 is 2.18 bits per heavy atom. The summed E-state index contributed by atoms with van der Waals surface area (Å²) in [5.74, 6) is -0.425. The van der Waals surface area contributed by atoms with Gasteiger partial charge in [0.2, 0.25) is 0 Å². The van der Waals surface area contributed by atoms with E-state index >= 15 is 0 Å². The van der Waals surface area contributed by atoms with Gasteiger partial charge < -0.3 is 4.74 Å². The SMILES string of the molecule is COC(=O)[C@H](NCc1cnn(C)c1C)c1cccc(Cl)c1Cl. The van der Waals surface area contributed by atoms with E-state index in [1.54, 1.807) is 29.1 Å². The van der Waals surface area contributed by atoms with Gasteiger partial charge in [0.1, 0.15) is 6.04 Å². The van der Waals surface area contributed by atoms with Gasteiger partial charge in [-0.15, -0.1) is 0 Å². The third-order valence-electron chi connectivity index (χ3n) is 3.56. The zero-order valence-electron chi connectivity index (χ0n) is 12.6. The second-order valence-electron chi connectivity index (χ2n) is 4.86. The highest BCUT2D eigenvalue weighted by Gasteiger charge is 2.24. The van der Waals surface area contributed by atoms with E-state index < -0.39 is 12.0 Å². The first-order valence-electron chi connectivity index (χ1n) is 6.68. The van der Waals surface area contributed by atoms with Crippen LogP contribution in [0.25, 0.3) is 0 Å². The highest BCUT2D eigenvalue weighted by atomic mass is 35.5. The summed E-state index contributed by atoms with van der Waals surface area (Å²) in [7, 11) is 3.20. The first-order chi connectivity index (χ1) is 10.5. The Morgan fingerprint density at radius 1 is 1.45 bits per heavy atom. The highest BCUT2D eigenvalue weighted by molar-refractivity contribution is 6.42. The fourth-order valence-electron chi connectivity index (χ4n) is 2.11. The summed E-state index contributed by atoms with van der Waals surface area (Å²) < 4.78 is 6.64. The summed E-state index contributed by atoms with van der Waals surface area (Å²) in [6, 6.07) is 4.47. The van der Waals surface area contributed by atoms with E-state index in [1.165, 1.54) is 7.11 Å². The molecule has 0 radical (unpaired) electrons. The molecule has 0 amide bonds. The maximum absolute atomic E-state index is 12.1. The molecule has 0 saturated heterocycles. The molecular formula is C15H17Cl2N3O2. The van der Waals surface area contributed by atoms with Crippen molar-refractivity contribution in [3.8, 4) is 0 Å². The number of nitrogens with zero attached hydrogens (tertiary/aromatic N) is 2. The van der Waals surface area contributed by atoms with Crippen molar-refractivity contribution in [1.82, 2.24) is 15.1 Å². The van der Waals surface area contributed by atoms with Gasteiger partial charge in [0, 0.05) is 30.4 Å². The second kappa shape index (κ2) is 7.13. The van der Waals surface area contributed by atoms with E-state index in [-0.39, 0.29) is 0 Å². The first kappa shape index (κ1) is 16.8. The number of rotatable bonds is 5. The van der Waals surface area contributed by atoms with Crippen LogP contribution >= 0.6 is 23.2 Å². The zero-order valence-corrected chi connectivity index (χ0v) is 14.1. The first-order valence-corrected chi connectivity index (χ1v) is 7.44. The normalized spacial score (nSPS) is 12.2. The minimum Gasteiger partial charge on any atom is -0.468 e. The molecule has 2 rings (SSSR count). The van der Waals surface area contributed by atoms with Crippen LogP contribution in [-0.4, -0.2) is 22.9 Å². The Balaban J connectivity index is 2.25. The van der Waals surface area contributed by atoms with Gasteiger partial charge in [-0.2, -0.15) is 5.10 Å². The summed E-state index contributed by atoms with van der Waals surface area (Å²) in [5.41, 5.74) is 2.60. The fourth-order valence-corrected chi connectivity index (χ4v) is 2.53. The summed E-state index contributed by atoms with van der Waals surface area (Å²) in [6.07, 6.45) is 1.76. The summed E-state index contributed by atoms with van der Waals surface area (Å²) in [6.45, 7) is 2.42. The number of hydrogen-bond donors (Lipinski definition) is 1. The van der Waals surface area contributed by atoms with Crippen molar-refractivity contribution in [3.63, 3.8) is 0 Å². The number of halogens is 2. The van der Waals surface area contributed by atoms with Crippen LogP contribution in [0.4, 0.5) is 0 Å². The number of ether oxygens (including phenoxy) is 1. The average Bonchev–Trinajstić information content (AvgIpc) is 2.83. The standard InChI is InChI=1S/C15H17Cl2N3O2/c1-9-10(8-19-20(9)2)7-18-14(15(21)22-3)11-5-4-6-12(16)13(11)17/h4-6,8,14,18H,7H2,1-3H3/t14-/m1/s1. The van der Waals surface area contributed by atoms with E-state index in [0.29, 0.717) is 22.2 Å². The number of carbonyl (C=O) groups excluding carboxylic acids is 1. The monoisotopic (exact) mass is 341 g/mol. The summed E-state index contributed by atoms with van der Waals surface area (Å²) in [4.78, 5) is 12.1. The number of carbonyl (C=O) groups is 1. The molecule has 1 heterocycles. The second-order valence-corrected chi connectivity index (χ2v) is 5.64. The molecule has 0 aliphatic rings. The zero-order chi connectivity index (χ0) is 16.3. The lowest BCUT2D eigenvalue weighted by molar-refractivity contribution is -0.143. The lowest BCUT2D eigenvalue weighted by atomic mass is 10.1. The molecule has 118 valence electrons. The maximum atomic E-state index is 12.1. The van der Waals surface area contributed by atoms with E-state index in [0.717, 1.165) is 11.3 Å². The Bertz CT molecular complexity index is 685. The molecule has 0 fully saturated rings. The van der Waals surface area contributed by atoms with Crippen LogP contribution in [0.5, 0.6) is 0 Å². The third-order valence-corrected chi connectivity index (χ3v) is 4.40. The smallest absolute Gasteiger partial charge is 0.327 e. The van der Waals surface area contributed by atoms with Crippen molar-refractivity contribution in [2.45, 2.75) is 19.5 Å². The van der Waals surface area contributed by atoms with Gasteiger partial charge in [0.05, 0.1) is 23.4 Å². The van der Waals surface area contributed by atoms with E-state index in [1.807, 2.05) is 14.0 Å². The van der Waals surface area contributed by atoms with Crippen molar-refractivity contribution in [2.75, 3.05) is 7.11 Å². The number of methoxy groups -OCH3 is 1. The molecule has 0 spiro atoms. The lowest BCUT2D eigenvalue weighted by Gasteiger charge is -2.18. The predicted octanol–water partition coefficient (Wildman–Crippen LogP) is 3.04. The van der Waals surface area contributed by atoms with Crippen LogP contribution < -0.4 is 5.32 Å². The van der Waals surface area contributed by atoms with Gasteiger partial charge in [-0.25, -0.2) is 4.79 Å². The Morgan fingerprint density at radius 3 is 2.77 bits per heavy atom. The third kappa shape index (κ3) is 3.43. The number of benzene rings is 1. The molecular weight excluding hydrogens is 325 g/mol. The quantitative estimate of drug-likeness (QED) is 0.849. The summed E-state index contributed by atoms with van der Waals surface area (Å²) >= 11 is 12.2. The molecule has 0 bridgehead atoms. The van der Waals surface area contributed by atoms with Crippen molar-refractivity contribution in [3.05, 3.63) is 51.3 Å². The van der Waals surface area contributed by atoms with Crippen molar-refractivity contribution in [1.29, 1.82) is 0 Å². The molecule has 22 heavy (non-hydrogen) atoms. The van der Waals surface area contributed by atoms with Gasteiger partial charge in [-0.1, -0.05) is 35.3 Å². The van der Waals surface area contributed by atoms with Crippen LogP contribution in [0.15, 0.2) is 24.4 Å². The number of nitrogens with one attached hydrogen (secondary N) is 1. The number of aryl methyl sites for hydroxylation is 1. The molecule has 0 saturated carbocycles. The molecule has 1 N–H and O–H groups in total. The fraction of sp³-hybridized carbons (Fsp3) is 0.333. The van der Waals surface area contributed by atoms with Gasteiger partial charge in [0.15, 0.2) is 0 Å². The van der Waals surface area contributed by atoms with Crippen LogP contribution in [-0.2, 0) is 23.1 Å². The van der Waals surface area contributed by atoms with E-state index in [9.17, 15) is 4.79 Å². The van der Waals surface area contributed by atoms with Crippen LogP contribution in [0.3, 0.4) is 0 Å². The van der Waals surface area contributed by atoms with Crippen LogP contribution in [0, 0.1) is 6.92 Å². The molecule has 0 aliphatic heterocycles. The minimum absolute atomic E-state index is 0.343. The van der Waals surface area contributed by atoms with Crippen LogP contribution in [0.2, 0.25) is 10.0 Å². The molecule has 0 unspecified atom stereocenters. The van der Waals surface area contributed by atoms with E-state index in [2.05, 4.69) is 10.4 Å². The Kier molecular flexibility index (Phi) is 5.45. The van der Waals surface area contributed by atoms with Crippen molar-refractivity contribution < 1.29 is 9.53 Å². The van der Waals surface area contributed by atoms with Crippen LogP contribution in [0.1, 0.15) is 22.9 Å². The predicted molar refractivity (Wildman–Crippen MR) is 86.0 cm³/mol. The average molecular weight is 342 g/mol. The van der Waals surface area contributed by atoms with Gasteiger partial charge in [-0.3, -0.25) is 10.00 Å². The lowest BCUT2D eigenvalue weighted by Crippen LogP contribution is -2.29. The van der Waals surface area contributed by atoms with Gasteiger partial charge >= 0.3 is 5.97 Å². The van der Waals surface area contributed by atoms with E-state index in [4.69, 9.17) is 27.9 Å². The van der Waals surface area contributed by atoms with Crippen molar-refractivity contribution >= 4 is 29.2 Å². The number of hydrogen-bond acceptors (Lipinski definition) is 4. The van der Waals surface area contributed by atoms with Crippen molar-refractivity contribution in [2.24, 2.45) is 7.05 Å². The summed E-state index contributed by atoms with van der Waals surface area (Å²) in [5, 5.41) is 8.07. The molecule has 1 aromatic heterocycles. The molecule has 1 atom stereocenters. The highest BCUT2D eigenvalue weighted by Crippen LogP contribution is 2.30. The maximum Gasteiger partial charge on any atom is 0.327 e. The topological polar surface area (TPSA) is 56.1 Å². The number of aromatic nitrogens is 2. The largest absolute Gasteiger partial charge is 0.468 e. The van der Waals surface area contributed by atoms with Gasteiger partial charge in [0.25, 0.3) is 0 Å².